The van der Waals surface area contributed by atoms with Crippen LogP contribution in [0.25, 0.3) is 0 Å². The van der Waals surface area contributed by atoms with Crippen LogP contribution in [0.4, 0.5) is 4.39 Å². The number of benzene rings is 1. The topological polar surface area (TPSA) is 0 Å². The van der Waals surface area contributed by atoms with Crippen LogP contribution in [0.15, 0.2) is 36.4 Å². The maximum atomic E-state index is 13.1. The van der Waals surface area contributed by atoms with E-state index in [1.165, 1.54) is 69.8 Å². The fourth-order valence-electron chi connectivity index (χ4n) is 4.77. The van der Waals surface area contributed by atoms with E-state index in [2.05, 4.69) is 19.1 Å². The molecule has 24 heavy (non-hydrogen) atoms. The molecular weight excluding hydrogens is 295 g/mol. The van der Waals surface area contributed by atoms with Crippen LogP contribution in [0, 0.1) is 23.6 Å². The molecule has 1 aromatic rings. The minimum Gasteiger partial charge on any atom is -0.207 e. The second-order valence-corrected chi connectivity index (χ2v) is 8.12. The van der Waals surface area contributed by atoms with E-state index in [-0.39, 0.29) is 5.82 Å². The molecule has 0 radical (unpaired) electrons. The maximum Gasteiger partial charge on any atom is 0.123 e. The zero-order valence-electron chi connectivity index (χ0n) is 15.2. The lowest BCUT2D eigenvalue weighted by molar-refractivity contribution is 0.292. The van der Waals surface area contributed by atoms with Crippen molar-refractivity contribution < 1.29 is 4.39 Å². The monoisotopic (exact) mass is 328 g/mol. The first-order valence-electron chi connectivity index (χ1n) is 10.2. The van der Waals surface area contributed by atoms with Gasteiger partial charge in [-0.1, -0.05) is 44.1 Å². The molecule has 1 aromatic carbocycles. The summed E-state index contributed by atoms with van der Waals surface area (Å²) in [4.78, 5) is 0. The van der Waals surface area contributed by atoms with Crippen LogP contribution in [0.5, 0.6) is 0 Å². The number of hydrogen-bond acceptors (Lipinski definition) is 0. The quantitative estimate of drug-likeness (QED) is 0.499. The van der Waals surface area contributed by atoms with Gasteiger partial charge < -0.3 is 0 Å². The summed E-state index contributed by atoms with van der Waals surface area (Å²) in [6.07, 6.45) is 18.7. The third kappa shape index (κ3) is 4.94. The van der Waals surface area contributed by atoms with E-state index in [4.69, 9.17) is 0 Å². The van der Waals surface area contributed by atoms with Crippen molar-refractivity contribution in [3.8, 4) is 0 Å². The lowest BCUT2D eigenvalue weighted by Crippen LogP contribution is -2.14. The highest BCUT2D eigenvalue weighted by Gasteiger charge is 2.22. The van der Waals surface area contributed by atoms with Crippen molar-refractivity contribution in [2.45, 2.75) is 77.0 Å². The Hall–Kier alpha value is -1.11. The number of halogens is 1. The average Bonchev–Trinajstić information content (AvgIpc) is 2.63. The highest BCUT2D eigenvalue weighted by molar-refractivity contribution is 5.21. The van der Waals surface area contributed by atoms with Gasteiger partial charge in [0.1, 0.15) is 5.82 Å². The average molecular weight is 329 g/mol. The number of allylic oxidation sites excluding steroid dienone is 2. The fraction of sp³-hybridized carbons (Fsp3) is 0.652. The molecule has 0 bridgehead atoms. The highest BCUT2D eigenvalue weighted by Crippen LogP contribution is 2.37. The van der Waals surface area contributed by atoms with Gasteiger partial charge in [0.15, 0.2) is 0 Å². The van der Waals surface area contributed by atoms with Gasteiger partial charge in [-0.2, -0.15) is 0 Å². The van der Waals surface area contributed by atoms with Crippen molar-refractivity contribution >= 4 is 0 Å². The van der Waals surface area contributed by atoms with Crippen molar-refractivity contribution in [3.05, 3.63) is 47.8 Å². The SMILES string of the molecule is CCCC1CCC(/C=C/C2CCC(c3ccc(F)cc3)CC2)CC1. The third-order valence-corrected chi connectivity index (χ3v) is 6.36. The Kier molecular flexibility index (Phi) is 6.51. The molecule has 2 aliphatic rings. The van der Waals surface area contributed by atoms with Crippen molar-refractivity contribution in [3.63, 3.8) is 0 Å². The predicted molar refractivity (Wildman–Crippen MR) is 101 cm³/mol. The van der Waals surface area contributed by atoms with E-state index < -0.39 is 0 Å². The minimum atomic E-state index is -0.121. The largest absolute Gasteiger partial charge is 0.207 e. The molecule has 2 aliphatic carbocycles. The second kappa shape index (κ2) is 8.83. The summed E-state index contributed by atoms with van der Waals surface area (Å²) in [5.74, 6) is 3.14. The lowest BCUT2D eigenvalue weighted by Gasteiger charge is -2.29. The van der Waals surface area contributed by atoms with Crippen LogP contribution >= 0.6 is 0 Å². The van der Waals surface area contributed by atoms with E-state index in [1.807, 2.05) is 12.1 Å². The van der Waals surface area contributed by atoms with E-state index in [0.29, 0.717) is 5.92 Å². The Morgan fingerprint density at radius 1 is 0.833 bits per heavy atom. The fourth-order valence-corrected chi connectivity index (χ4v) is 4.77. The Balaban J connectivity index is 1.41. The minimum absolute atomic E-state index is 0.121. The Labute approximate surface area is 147 Å². The van der Waals surface area contributed by atoms with Gasteiger partial charge in [0.25, 0.3) is 0 Å². The number of hydrogen-bond donors (Lipinski definition) is 0. The summed E-state index contributed by atoms with van der Waals surface area (Å²) in [7, 11) is 0. The van der Waals surface area contributed by atoms with Crippen LogP contribution in [0.3, 0.4) is 0 Å². The van der Waals surface area contributed by atoms with Gasteiger partial charge in [-0.25, -0.2) is 4.39 Å². The summed E-state index contributed by atoms with van der Waals surface area (Å²) in [5, 5.41) is 0. The number of rotatable bonds is 5. The van der Waals surface area contributed by atoms with Crippen molar-refractivity contribution in [2.24, 2.45) is 17.8 Å². The second-order valence-electron chi connectivity index (χ2n) is 8.12. The van der Waals surface area contributed by atoms with Gasteiger partial charge in [-0.3, -0.25) is 0 Å². The molecule has 2 fully saturated rings. The molecule has 0 aromatic heterocycles. The van der Waals surface area contributed by atoms with Crippen molar-refractivity contribution in [2.75, 3.05) is 0 Å². The summed E-state index contributed by atoms with van der Waals surface area (Å²) >= 11 is 0. The molecular formula is C23H33F. The first-order chi connectivity index (χ1) is 11.7. The normalized spacial score (nSPS) is 31.4. The lowest BCUT2D eigenvalue weighted by atomic mass is 9.77. The predicted octanol–water partition coefficient (Wildman–Crippen LogP) is 7.26. The molecule has 1 heteroatoms. The van der Waals surface area contributed by atoms with Crippen LogP contribution in [0.2, 0.25) is 0 Å². The Morgan fingerprint density at radius 3 is 1.92 bits per heavy atom. The summed E-state index contributed by atoms with van der Waals surface area (Å²) < 4.78 is 13.1. The van der Waals surface area contributed by atoms with Crippen molar-refractivity contribution in [1.29, 1.82) is 0 Å². The standard InChI is InChI=1S/C23H33F/c1-2-3-18-4-6-19(7-5-18)8-9-20-10-12-21(13-11-20)22-14-16-23(24)17-15-22/h8-9,14-21H,2-7,10-13H2,1H3/b9-8+. The van der Waals surface area contributed by atoms with E-state index in [0.717, 1.165) is 17.8 Å². The first-order valence-corrected chi connectivity index (χ1v) is 10.2. The molecule has 0 heterocycles. The molecule has 0 N–H and O–H groups in total. The van der Waals surface area contributed by atoms with Crippen molar-refractivity contribution in [1.82, 2.24) is 0 Å². The molecule has 132 valence electrons. The van der Waals surface area contributed by atoms with Gasteiger partial charge in [0, 0.05) is 0 Å². The smallest absolute Gasteiger partial charge is 0.123 e. The van der Waals surface area contributed by atoms with Crippen LogP contribution in [0.1, 0.15) is 82.6 Å². The molecule has 0 saturated heterocycles. The molecule has 0 unspecified atom stereocenters. The third-order valence-electron chi connectivity index (χ3n) is 6.36. The Morgan fingerprint density at radius 2 is 1.38 bits per heavy atom. The molecule has 0 spiro atoms. The molecule has 0 atom stereocenters. The Bertz CT molecular complexity index is 499. The summed E-state index contributed by atoms with van der Waals surface area (Å²) in [5.41, 5.74) is 1.33. The molecule has 0 aliphatic heterocycles. The highest BCUT2D eigenvalue weighted by atomic mass is 19.1. The van der Waals surface area contributed by atoms with E-state index >= 15 is 0 Å². The molecule has 3 rings (SSSR count). The molecule has 2 saturated carbocycles. The van der Waals surface area contributed by atoms with Gasteiger partial charge in [-0.15, -0.1) is 0 Å². The molecule has 0 amide bonds. The van der Waals surface area contributed by atoms with E-state index in [9.17, 15) is 4.39 Å². The van der Waals surface area contributed by atoms with Crippen LogP contribution in [-0.4, -0.2) is 0 Å². The van der Waals surface area contributed by atoms with Gasteiger partial charge in [0.2, 0.25) is 0 Å². The molecule has 0 nitrogen and oxygen atoms in total. The van der Waals surface area contributed by atoms with E-state index in [1.54, 1.807) is 12.1 Å². The van der Waals surface area contributed by atoms with Crippen LogP contribution < -0.4 is 0 Å². The summed E-state index contributed by atoms with van der Waals surface area (Å²) in [6.45, 7) is 2.31. The van der Waals surface area contributed by atoms with Gasteiger partial charge >= 0.3 is 0 Å². The zero-order chi connectivity index (χ0) is 16.8. The van der Waals surface area contributed by atoms with Gasteiger partial charge in [-0.05, 0) is 92.7 Å². The van der Waals surface area contributed by atoms with Gasteiger partial charge in [0.05, 0.1) is 0 Å². The first kappa shape index (κ1) is 17.7. The summed E-state index contributed by atoms with van der Waals surface area (Å²) in [6, 6.07) is 7.17. The zero-order valence-corrected chi connectivity index (χ0v) is 15.2. The maximum absolute atomic E-state index is 13.1. The van der Waals surface area contributed by atoms with Crippen LogP contribution in [-0.2, 0) is 0 Å².